The van der Waals surface area contributed by atoms with E-state index in [0.29, 0.717) is 17.9 Å². The Hall–Kier alpha value is -3.48. The van der Waals surface area contributed by atoms with Crippen molar-refractivity contribution in [3.05, 3.63) is 59.8 Å². The Kier molecular flexibility index (Phi) is 5.82. The molecule has 1 fully saturated rings. The largest absolute Gasteiger partial charge is 0.481 e. The summed E-state index contributed by atoms with van der Waals surface area (Å²) < 4.78 is 10.9. The van der Waals surface area contributed by atoms with E-state index < -0.39 is 11.4 Å². The van der Waals surface area contributed by atoms with Gasteiger partial charge < -0.3 is 25.2 Å². The minimum absolute atomic E-state index is 0.0271. The first-order valence-electron chi connectivity index (χ1n) is 11.1. The molecule has 7 nitrogen and oxygen atoms in total. The molecule has 7 heteroatoms. The molecule has 0 aromatic heterocycles. The molecule has 1 aliphatic heterocycles. The standard InChI is InChI=1S/C26H30N2O5/c1-16-13-19(6-7-20(16)27-17(2)25(3,4)10-9-23(29)30)28-24(31)26(11-12-26)18-5-8-21-22(14-18)33-15-32-21/h5-8,13-14,27H,2,9-12,15H2,1,3-4H3,(H,28,31)(H,29,30). The van der Waals surface area contributed by atoms with Gasteiger partial charge in [-0.05, 0) is 67.6 Å². The van der Waals surface area contributed by atoms with E-state index in [1.165, 1.54) is 0 Å². The normalized spacial score (nSPS) is 15.6. The summed E-state index contributed by atoms with van der Waals surface area (Å²) >= 11 is 0. The van der Waals surface area contributed by atoms with Gasteiger partial charge in [-0.3, -0.25) is 9.59 Å². The van der Waals surface area contributed by atoms with Crippen LogP contribution in [-0.4, -0.2) is 23.8 Å². The van der Waals surface area contributed by atoms with Crippen molar-refractivity contribution >= 4 is 23.3 Å². The van der Waals surface area contributed by atoms with Gasteiger partial charge in [-0.15, -0.1) is 0 Å². The number of carbonyl (C=O) groups is 2. The van der Waals surface area contributed by atoms with Crippen molar-refractivity contribution in [2.75, 3.05) is 17.4 Å². The fourth-order valence-corrected chi connectivity index (χ4v) is 4.00. The van der Waals surface area contributed by atoms with Gasteiger partial charge in [-0.2, -0.15) is 0 Å². The second-order valence-corrected chi connectivity index (χ2v) is 9.52. The van der Waals surface area contributed by atoms with Gasteiger partial charge in [0.15, 0.2) is 11.5 Å². The Morgan fingerprint density at radius 1 is 1.09 bits per heavy atom. The summed E-state index contributed by atoms with van der Waals surface area (Å²) in [5.74, 6) is 0.549. The lowest BCUT2D eigenvalue weighted by molar-refractivity contribution is -0.137. The fraction of sp³-hybridized carbons (Fsp3) is 0.385. The molecule has 0 atom stereocenters. The van der Waals surface area contributed by atoms with Crippen LogP contribution in [0.3, 0.4) is 0 Å². The lowest BCUT2D eigenvalue weighted by atomic mass is 9.84. The average Bonchev–Trinajstić information content (AvgIpc) is 3.45. The second kappa shape index (κ2) is 8.46. The minimum Gasteiger partial charge on any atom is -0.481 e. The number of anilines is 2. The van der Waals surface area contributed by atoms with Crippen molar-refractivity contribution in [1.29, 1.82) is 0 Å². The number of benzene rings is 2. The van der Waals surface area contributed by atoms with Crippen LogP contribution in [0.5, 0.6) is 11.5 Å². The lowest BCUT2D eigenvalue weighted by Crippen LogP contribution is -2.27. The van der Waals surface area contributed by atoms with Crippen LogP contribution in [0.25, 0.3) is 0 Å². The number of hydrogen-bond donors (Lipinski definition) is 3. The van der Waals surface area contributed by atoms with Crippen LogP contribution in [0.2, 0.25) is 0 Å². The van der Waals surface area contributed by atoms with E-state index >= 15 is 0 Å². The Morgan fingerprint density at radius 3 is 2.48 bits per heavy atom. The zero-order chi connectivity index (χ0) is 23.8. The molecular formula is C26H30N2O5. The van der Waals surface area contributed by atoms with Crippen LogP contribution in [0.15, 0.2) is 48.7 Å². The molecule has 1 heterocycles. The quantitative estimate of drug-likeness (QED) is 0.485. The van der Waals surface area contributed by atoms with Crippen LogP contribution < -0.4 is 20.1 Å². The van der Waals surface area contributed by atoms with Crippen molar-refractivity contribution < 1.29 is 24.2 Å². The maximum atomic E-state index is 13.2. The van der Waals surface area contributed by atoms with Gasteiger partial charge in [0.1, 0.15) is 0 Å². The number of nitrogens with one attached hydrogen (secondary N) is 2. The first-order valence-corrected chi connectivity index (χ1v) is 11.1. The molecule has 2 aromatic rings. The van der Waals surface area contributed by atoms with E-state index in [1.54, 1.807) is 0 Å². The molecule has 0 saturated heterocycles. The zero-order valence-electron chi connectivity index (χ0n) is 19.3. The summed E-state index contributed by atoms with van der Waals surface area (Å²) in [7, 11) is 0. The van der Waals surface area contributed by atoms with E-state index in [9.17, 15) is 9.59 Å². The van der Waals surface area contributed by atoms with Crippen LogP contribution in [-0.2, 0) is 15.0 Å². The maximum Gasteiger partial charge on any atom is 0.303 e. The van der Waals surface area contributed by atoms with Crippen LogP contribution in [0.1, 0.15) is 50.7 Å². The third kappa shape index (κ3) is 4.67. The number of hydrogen-bond acceptors (Lipinski definition) is 5. The van der Waals surface area contributed by atoms with E-state index in [1.807, 2.05) is 57.2 Å². The molecule has 4 rings (SSSR count). The fourth-order valence-electron chi connectivity index (χ4n) is 4.00. The molecule has 0 radical (unpaired) electrons. The van der Waals surface area contributed by atoms with Crippen molar-refractivity contribution in [2.24, 2.45) is 5.41 Å². The molecule has 0 unspecified atom stereocenters. The molecule has 33 heavy (non-hydrogen) atoms. The molecule has 0 bridgehead atoms. The number of ether oxygens (including phenoxy) is 2. The Morgan fingerprint density at radius 2 is 1.82 bits per heavy atom. The number of amides is 1. The monoisotopic (exact) mass is 450 g/mol. The van der Waals surface area contributed by atoms with Crippen LogP contribution in [0, 0.1) is 12.3 Å². The van der Waals surface area contributed by atoms with E-state index in [0.717, 1.165) is 41.0 Å². The van der Waals surface area contributed by atoms with Gasteiger partial charge in [-0.25, -0.2) is 0 Å². The average molecular weight is 451 g/mol. The molecule has 0 spiro atoms. The Balaban J connectivity index is 1.42. The first-order chi connectivity index (χ1) is 15.6. The number of carboxylic acids is 1. The van der Waals surface area contributed by atoms with Crippen molar-refractivity contribution in [1.82, 2.24) is 0 Å². The van der Waals surface area contributed by atoms with Crippen molar-refractivity contribution in [2.45, 2.75) is 51.9 Å². The van der Waals surface area contributed by atoms with Gasteiger partial charge in [0, 0.05) is 28.9 Å². The number of carbonyl (C=O) groups excluding carboxylic acids is 1. The highest BCUT2D eigenvalue weighted by molar-refractivity contribution is 6.01. The van der Waals surface area contributed by atoms with Gasteiger partial charge in [0.25, 0.3) is 0 Å². The Bertz CT molecular complexity index is 1120. The van der Waals surface area contributed by atoms with Crippen molar-refractivity contribution in [3.63, 3.8) is 0 Å². The predicted octanol–water partition coefficient (Wildman–Crippen LogP) is 5.21. The molecule has 3 N–H and O–H groups in total. The van der Waals surface area contributed by atoms with Gasteiger partial charge in [0.2, 0.25) is 12.7 Å². The smallest absolute Gasteiger partial charge is 0.303 e. The van der Waals surface area contributed by atoms with Crippen molar-refractivity contribution in [3.8, 4) is 11.5 Å². The summed E-state index contributed by atoms with van der Waals surface area (Å²) in [6.07, 6.45) is 2.16. The number of rotatable bonds is 9. The van der Waals surface area contributed by atoms with Crippen LogP contribution in [0.4, 0.5) is 11.4 Å². The van der Waals surface area contributed by atoms with Gasteiger partial charge in [-0.1, -0.05) is 26.5 Å². The minimum atomic E-state index is -0.818. The summed E-state index contributed by atoms with van der Waals surface area (Å²) in [6, 6.07) is 11.4. The molecule has 1 amide bonds. The summed E-state index contributed by atoms with van der Waals surface area (Å²) in [6.45, 7) is 10.2. The van der Waals surface area contributed by atoms with E-state index in [4.69, 9.17) is 14.6 Å². The molecular weight excluding hydrogens is 420 g/mol. The zero-order valence-corrected chi connectivity index (χ0v) is 19.3. The van der Waals surface area contributed by atoms with Gasteiger partial charge in [0.05, 0.1) is 5.41 Å². The molecule has 2 aromatic carbocycles. The summed E-state index contributed by atoms with van der Waals surface area (Å²) in [4.78, 5) is 24.1. The van der Waals surface area contributed by atoms with E-state index in [-0.39, 0.29) is 24.5 Å². The highest BCUT2D eigenvalue weighted by atomic mass is 16.7. The maximum absolute atomic E-state index is 13.2. The molecule has 1 aliphatic carbocycles. The predicted molar refractivity (Wildman–Crippen MR) is 127 cm³/mol. The third-order valence-electron chi connectivity index (χ3n) is 6.66. The SMILES string of the molecule is C=C(Nc1ccc(NC(=O)C2(c3ccc4c(c3)OCO4)CC2)cc1C)C(C)(C)CCC(=O)O. The molecule has 1 saturated carbocycles. The molecule has 174 valence electrons. The number of carboxylic acid groups (broad SMARTS) is 1. The Labute approximate surface area is 193 Å². The lowest BCUT2D eigenvalue weighted by Gasteiger charge is -2.28. The number of aliphatic carboxylic acids is 1. The molecule has 2 aliphatic rings. The van der Waals surface area contributed by atoms with Gasteiger partial charge >= 0.3 is 5.97 Å². The highest BCUT2D eigenvalue weighted by Gasteiger charge is 2.51. The van der Waals surface area contributed by atoms with Crippen LogP contribution >= 0.6 is 0 Å². The topological polar surface area (TPSA) is 96.9 Å². The third-order valence-corrected chi connectivity index (χ3v) is 6.66. The summed E-state index contributed by atoms with van der Waals surface area (Å²) in [5, 5.41) is 15.4. The highest BCUT2D eigenvalue weighted by Crippen LogP contribution is 2.51. The number of aryl methyl sites for hydroxylation is 1. The number of allylic oxidation sites excluding steroid dienone is 1. The second-order valence-electron chi connectivity index (χ2n) is 9.52. The van der Waals surface area contributed by atoms with E-state index in [2.05, 4.69) is 17.2 Å². The summed E-state index contributed by atoms with van der Waals surface area (Å²) in [5.41, 5.74) is 3.34. The first kappa shape index (κ1) is 22.7. The number of fused-ring (bicyclic) bond motifs is 1.